The Hall–Kier alpha value is -0.610. The number of hydrogen-bond acceptors (Lipinski definition) is 3. The third-order valence-corrected chi connectivity index (χ3v) is 3.07. The molecule has 0 aromatic rings. The Morgan fingerprint density at radius 3 is 2.50 bits per heavy atom. The van der Waals surface area contributed by atoms with Crippen LogP contribution < -0.4 is 5.32 Å². The molecule has 1 heterocycles. The maximum absolute atomic E-state index is 12.0. The van der Waals surface area contributed by atoms with Crippen LogP contribution in [0.15, 0.2) is 0 Å². The molecular formula is C12H24N2O2. The summed E-state index contributed by atoms with van der Waals surface area (Å²) < 4.78 is 0. The second-order valence-corrected chi connectivity index (χ2v) is 4.49. The van der Waals surface area contributed by atoms with E-state index in [1.165, 1.54) is 12.8 Å². The van der Waals surface area contributed by atoms with Crippen LogP contribution in [0.5, 0.6) is 0 Å². The van der Waals surface area contributed by atoms with E-state index in [1.807, 2.05) is 11.8 Å². The molecule has 4 heteroatoms. The standard InChI is InChI=1S/C12H24N2O2/c1-11(13-7-6-10-15)12(16)14-8-4-2-3-5-9-14/h11,13,15H,2-10H2,1H3. The van der Waals surface area contributed by atoms with Crippen molar-refractivity contribution in [1.82, 2.24) is 10.2 Å². The van der Waals surface area contributed by atoms with E-state index in [9.17, 15) is 4.79 Å². The first kappa shape index (κ1) is 13.5. The second kappa shape index (κ2) is 7.63. The summed E-state index contributed by atoms with van der Waals surface area (Å²) in [6.07, 6.45) is 5.47. The van der Waals surface area contributed by atoms with Gasteiger partial charge in [-0.05, 0) is 32.7 Å². The minimum absolute atomic E-state index is 0.121. The van der Waals surface area contributed by atoms with Gasteiger partial charge < -0.3 is 15.3 Å². The Labute approximate surface area is 98.0 Å². The van der Waals surface area contributed by atoms with Crippen molar-refractivity contribution in [3.63, 3.8) is 0 Å². The number of hydrogen-bond donors (Lipinski definition) is 2. The van der Waals surface area contributed by atoms with Crippen molar-refractivity contribution in [3.8, 4) is 0 Å². The van der Waals surface area contributed by atoms with E-state index in [2.05, 4.69) is 5.32 Å². The Kier molecular flexibility index (Phi) is 6.42. The fraction of sp³-hybridized carbons (Fsp3) is 0.917. The van der Waals surface area contributed by atoms with Gasteiger partial charge in [0, 0.05) is 19.7 Å². The molecular weight excluding hydrogens is 204 g/mol. The van der Waals surface area contributed by atoms with Gasteiger partial charge in [-0.2, -0.15) is 0 Å². The molecule has 0 bridgehead atoms. The highest BCUT2D eigenvalue weighted by Gasteiger charge is 2.20. The maximum Gasteiger partial charge on any atom is 0.239 e. The van der Waals surface area contributed by atoms with Crippen molar-refractivity contribution in [2.24, 2.45) is 0 Å². The average Bonchev–Trinajstić information content (AvgIpc) is 2.56. The topological polar surface area (TPSA) is 52.6 Å². The van der Waals surface area contributed by atoms with Gasteiger partial charge in [-0.25, -0.2) is 0 Å². The summed E-state index contributed by atoms with van der Waals surface area (Å²) in [6.45, 7) is 4.61. The molecule has 1 rings (SSSR count). The summed E-state index contributed by atoms with van der Waals surface area (Å²) in [5.74, 6) is 0.208. The third-order valence-electron chi connectivity index (χ3n) is 3.07. The highest BCUT2D eigenvalue weighted by atomic mass is 16.3. The van der Waals surface area contributed by atoms with Crippen molar-refractivity contribution >= 4 is 5.91 Å². The number of nitrogens with one attached hydrogen (secondary N) is 1. The van der Waals surface area contributed by atoms with Crippen LogP contribution in [0.1, 0.15) is 39.0 Å². The lowest BCUT2D eigenvalue weighted by atomic mass is 10.2. The molecule has 0 spiro atoms. The molecule has 1 unspecified atom stereocenters. The molecule has 1 fully saturated rings. The molecule has 1 amide bonds. The summed E-state index contributed by atoms with van der Waals surface area (Å²) in [5.41, 5.74) is 0. The van der Waals surface area contributed by atoms with E-state index in [4.69, 9.17) is 5.11 Å². The van der Waals surface area contributed by atoms with Crippen LogP contribution in [0.25, 0.3) is 0 Å². The predicted molar refractivity (Wildman–Crippen MR) is 64.2 cm³/mol. The zero-order valence-corrected chi connectivity index (χ0v) is 10.2. The first-order valence-electron chi connectivity index (χ1n) is 6.38. The van der Waals surface area contributed by atoms with E-state index in [0.29, 0.717) is 13.0 Å². The zero-order chi connectivity index (χ0) is 11.8. The lowest BCUT2D eigenvalue weighted by Gasteiger charge is -2.24. The quantitative estimate of drug-likeness (QED) is 0.683. The number of carbonyl (C=O) groups is 1. The average molecular weight is 228 g/mol. The Bertz CT molecular complexity index is 201. The first-order chi connectivity index (χ1) is 7.75. The summed E-state index contributed by atoms with van der Waals surface area (Å²) in [6, 6.07) is -0.121. The second-order valence-electron chi connectivity index (χ2n) is 4.49. The van der Waals surface area contributed by atoms with Gasteiger partial charge in [0.1, 0.15) is 0 Å². The van der Waals surface area contributed by atoms with Gasteiger partial charge in [0.25, 0.3) is 0 Å². The summed E-state index contributed by atoms with van der Waals surface area (Å²) >= 11 is 0. The van der Waals surface area contributed by atoms with Crippen LogP contribution in [0.2, 0.25) is 0 Å². The summed E-state index contributed by atoms with van der Waals surface area (Å²) in [4.78, 5) is 14.0. The lowest BCUT2D eigenvalue weighted by Crippen LogP contribution is -2.45. The molecule has 1 atom stereocenters. The first-order valence-corrected chi connectivity index (χ1v) is 6.38. The zero-order valence-electron chi connectivity index (χ0n) is 10.2. The number of amides is 1. The molecule has 0 aromatic heterocycles. The largest absolute Gasteiger partial charge is 0.396 e. The van der Waals surface area contributed by atoms with Crippen molar-refractivity contribution in [3.05, 3.63) is 0 Å². The number of likely N-dealkylation sites (tertiary alicyclic amines) is 1. The van der Waals surface area contributed by atoms with Crippen molar-refractivity contribution in [1.29, 1.82) is 0 Å². The van der Waals surface area contributed by atoms with Gasteiger partial charge in [0.15, 0.2) is 0 Å². The Morgan fingerprint density at radius 2 is 1.94 bits per heavy atom. The monoisotopic (exact) mass is 228 g/mol. The molecule has 1 aliphatic rings. The van der Waals surface area contributed by atoms with Crippen molar-refractivity contribution < 1.29 is 9.90 Å². The number of aliphatic hydroxyl groups excluding tert-OH is 1. The van der Waals surface area contributed by atoms with Crippen LogP contribution in [0.3, 0.4) is 0 Å². The van der Waals surface area contributed by atoms with Crippen LogP contribution >= 0.6 is 0 Å². The highest BCUT2D eigenvalue weighted by molar-refractivity contribution is 5.81. The van der Waals surface area contributed by atoms with Crippen molar-refractivity contribution in [2.75, 3.05) is 26.2 Å². The van der Waals surface area contributed by atoms with Gasteiger partial charge in [0.05, 0.1) is 6.04 Å². The van der Waals surface area contributed by atoms with Crippen LogP contribution in [0.4, 0.5) is 0 Å². The Morgan fingerprint density at radius 1 is 1.31 bits per heavy atom. The van der Waals surface area contributed by atoms with Crippen LogP contribution in [-0.2, 0) is 4.79 Å². The van der Waals surface area contributed by atoms with Crippen LogP contribution in [-0.4, -0.2) is 48.2 Å². The van der Waals surface area contributed by atoms with Crippen molar-refractivity contribution in [2.45, 2.75) is 45.1 Å². The van der Waals surface area contributed by atoms with E-state index < -0.39 is 0 Å². The van der Waals surface area contributed by atoms with E-state index in [1.54, 1.807) is 0 Å². The predicted octanol–water partition coefficient (Wildman–Crippen LogP) is 0.749. The Balaban J connectivity index is 2.30. The molecule has 16 heavy (non-hydrogen) atoms. The molecule has 2 N–H and O–H groups in total. The maximum atomic E-state index is 12.0. The normalized spacial score (nSPS) is 19.2. The van der Waals surface area contributed by atoms with E-state index >= 15 is 0 Å². The number of aliphatic hydroxyl groups is 1. The van der Waals surface area contributed by atoms with Gasteiger partial charge in [-0.3, -0.25) is 4.79 Å². The van der Waals surface area contributed by atoms with Crippen LogP contribution in [0, 0.1) is 0 Å². The molecule has 0 saturated carbocycles. The molecule has 1 aliphatic heterocycles. The third kappa shape index (κ3) is 4.49. The number of nitrogens with zero attached hydrogens (tertiary/aromatic N) is 1. The molecule has 4 nitrogen and oxygen atoms in total. The van der Waals surface area contributed by atoms with E-state index in [0.717, 1.165) is 25.9 Å². The minimum atomic E-state index is -0.121. The molecule has 1 saturated heterocycles. The summed E-state index contributed by atoms with van der Waals surface area (Å²) in [5, 5.41) is 11.8. The van der Waals surface area contributed by atoms with Gasteiger partial charge >= 0.3 is 0 Å². The van der Waals surface area contributed by atoms with E-state index in [-0.39, 0.29) is 18.6 Å². The molecule has 0 aromatic carbocycles. The number of rotatable bonds is 5. The number of carbonyl (C=O) groups excluding carboxylic acids is 1. The summed E-state index contributed by atoms with van der Waals surface area (Å²) in [7, 11) is 0. The SMILES string of the molecule is CC(NCCCO)C(=O)N1CCCCCC1. The fourth-order valence-corrected chi connectivity index (χ4v) is 2.05. The highest BCUT2D eigenvalue weighted by Crippen LogP contribution is 2.10. The smallest absolute Gasteiger partial charge is 0.239 e. The molecule has 94 valence electrons. The van der Waals surface area contributed by atoms with Gasteiger partial charge in [-0.1, -0.05) is 12.8 Å². The molecule has 0 radical (unpaired) electrons. The van der Waals surface area contributed by atoms with Gasteiger partial charge in [0.2, 0.25) is 5.91 Å². The minimum Gasteiger partial charge on any atom is -0.396 e. The fourth-order valence-electron chi connectivity index (χ4n) is 2.05. The lowest BCUT2D eigenvalue weighted by molar-refractivity contribution is -0.133. The van der Waals surface area contributed by atoms with Gasteiger partial charge in [-0.15, -0.1) is 0 Å². The molecule has 0 aliphatic carbocycles.